The van der Waals surface area contributed by atoms with Crippen LogP contribution >= 0.6 is 0 Å². The van der Waals surface area contributed by atoms with Crippen molar-refractivity contribution in [1.82, 2.24) is 25.7 Å². The lowest BCUT2D eigenvalue weighted by molar-refractivity contribution is -0.115. The molecule has 0 fully saturated rings. The number of hydrogen-bond donors (Lipinski definition) is 9. The van der Waals surface area contributed by atoms with Crippen molar-refractivity contribution in [3.8, 4) is 23.0 Å². The number of anilines is 4. The summed E-state index contributed by atoms with van der Waals surface area (Å²) in [4.78, 5) is 75.3. The van der Waals surface area contributed by atoms with Crippen molar-refractivity contribution in [2.45, 2.75) is 13.3 Å². The summed E-state index contributed by atoms with van der Waals surface area (Å²) >= 11 is 0. The molecule has 0 bridgehead atoms. The van der Waals surface area contributed by atoms with Gasteiger partial charge in [-0.1, -0.05) is 19.1 Å². The molecular weight excluding hydrogens is 867 g/mol. The van der Waals surface area contributed by atoms with Crippen LogP contribution in [-0.2, 0) is 11.2 Å². The van der Waals surface area contributed by atoms with Gasteiger partial charge in [0.15, 0.2) is 11.5 Å². The third kappa shape index (κ3) is 13.4. The number of phenols is 2. The molecule has 7 rings (SSSR count). The number of nitrogens with one attached hydrogen (secondary N) is 6. The number of aromatic carboxylic acids is 1. The molecule has 0 aliphatic heterocycles. The van der Waals surface area contributed by atoms with Crippen molar-refractivity contribution in [2.75, 3.05) is 49.1 Å². The highest BCUT2D eigenvalue weighted by atomic mass is 16.5. The fraction of sp³-hybridized carbons (Fsp3) is 0.128. The van der Waals surface area contributed by atoms with Crippen LogP contribution in [0.4, 0.5) is 22.7 Å². The molecule has 20 heteroatoms. The van der Waals surface area contributed by atoms with E-state index in [2.05, 4.69) is 47.0 Å². The third-order valence-electron chi connectivity index (χ3n) is 9.36. The van der Waals surface area contributed by atoms with E-state index in [4.69, 9.17) is 14.6 Å². The zero-order chi connectivity index (χ0) is 48.5. The monoisotopic (exact) mass is 911 g/mol. The van der Waals surface area contributed by atoms with Crippen molar-refractivity contribution < 1.29 is 53.6 Å². The van der Waals surface area contributed by atoms with E-state index in [1.165, 1.54) is 56.8 Å². The first-order valence-electron chi connectivity index (χ1n) is 20.1. The Morgan fingerprint density at radius 1 is 0.701 bits per heavy atom. The normalized spacial score (nSPS) is 10.2. The molecule has 0 spiro atoms. The second kappa shape index (κ2) is 23.5. The van der Waals surface area contributed by atoms with Gasteiger partial charge in [-0.25, -0.2) is 9.78 Å². The average molecular weight is 912 g/mol. The van der Waals surface area contributed by atoms with Gasteiger partial charge in [-0.2, -0.15) is 15.4 Å². The Balaban J connectivity index is 0.000000240. The van der Waals surface area contributed by atoms with Crippen LogP contribution in [0, 0.1) is 0 Å². The Bertz CT molecular complexity index is 2870. The SMILES string of the molecule is CCc1cn[nH]n1.CNCC(=O)Nc1ccc(C(=O)Nc2ccc(C(=O)Nc3ccc(C(=O)O)c(O)c3OC)cc2OC)nc1.O=Cc1ccc(NC(=O)c2ccc3cc(O)ccc3c2)cc1. The molecule has 0 saturated heterocycles. The number of pyridine rings is 1. The lowest BCUT2D eigenvalue weighted by Crippen LogP contribution is -2.25. The minimum atomic E-state index is -1.36. The van der Waals surface area contributed by atoms with E-state index in [1.807, 2.05) is 6.92 Å². The molecule has 0 saturated carbocycles. The summed E-state index contributed by atoms with van der Waals surface area (Å²) in [5.74, 6) is -3.47. The Morgan fingerprint density at radius 3 is 1.97 bits per heavy atom. The van der Waals surface area contributed by atoms with E-state index >= 15 is 0 Å². The number of benzene rings is 5. The first kappa shape index (κ1) is 48.9. The molecule has 0 unspecified atom stereocenters. The Kier molecular flexibility index (Phi) is 17.1. The molecule has 2 heterocycles. The van der Waals surface area contributed by atoms with E-state index in [1.54, 1.807) is 73.9 Å². The zero-order valence-electron chi connectivity index (χ0n) is 36.4. The third-order valence-corrected chi connectivity index (χ3v) is 9.36. The molecule has 0 aliphatic carbocycles. The van der Waals surface area contributed by atoms with Gasteiger partial charge in [0.05, 0.1) is 55.9 Å². The van der Waals surface area contributed by atoms with Crippen molar-refractivity contribution >= 4 is 69.4 Å². The second-order valence-electron chi connectivity index (χ2n) is 13.9. The van der Waals surface area contributed by atoms with Gasteiger partial charge in [0.2, 0.25) is 5.91 Å². The van der Waals surface area contributed by atoms with Crippen LogP contribution in [0.25, 0.3) is 10.8 Å². The summed E-state index contributed by atoms with van der Waals surface area (Å²) in [5.41, 5.74) is 3.31. The maximum Gasteiger partial charge on any atom is 0.339 e. The quantitative estimate of drug-likeness (QED) is 0.0554. The number of carbonyl (C=O) groups is 6. The van der Waals surface area contributed by atoms with Gasteiger partial charge in [-0.05, 0) is 115 Å². The van der Waals surface area contributed by atoms with E-state index in [0.29, 0.717) is 22.5 Å². The molecule has 7 aromatic rings. The number of carbonyl (C=O) groups excluding carboxylic acids is 5. The van der Waals surface area contributed by atoms with Crippen LogP contribution in [0.5, 0.6) is 23.0 Å². The van der Waals surface area contributed by atoms with Crippen LogP contribution in [-0.4, -0.2) is 99.4 Å². The molecule has 9 N–H and O–H groups in total. The Hall–Kier alpha value is -9.17. The summed E-state index contributed by atoms with van der Waals surface area (Å²) in [7, 11) is 4.22. The molecule has 67 heavy (non-hydrogen) atoms. The number of aromatic nitrogens is 4. The van der Waals surface area contributed by atoms with E-state index in [0.717, 1.165) is 35.2 Å². The second-order valence-corrected chi connectivity index (χ2v) is 13.9. The van der Waals surface area contributed by atoms with Gasteiger partial charge >= 0.3 is 5.97 Å². The smallest absolute Gasteiger partial charge is 0.339 e. The summed E-state index contributed by atoms with van der Waals surface area (Å²) in [5, 5.41) is 53.8. The number of phenolic OH excluding ortho intramolecular Hbond substituents is 1. The number of aldehydes is 1. The van der Waals surface area contributed by atoms with Crippen molar-refractivity contribution in [3.05, 3.63) is 149 Å². The largest absolute Gasteiger partial charge is 0.508 e. The van der Waals surface area contributed by atoms with Gasteiger partial charge in [-0.3, -0.25) is 24.0 Å². The number of amides is 4. The molecule has 0 atom stereocenters. The molecule has 0 aliphatic rings. The number of ether oxygens (including phenoxy) is 2. The summed E-state index contributed by atoms with van der Waals surface area (Å²) in [6, 6.07) is 26.6. The van der Waals surface area contributed by atoms with Gasteiger partial charge in [0.25, 0.3) is 17.7 Å². The van der Waals surface area contributed by atoms with Crippen molar-refractivity contribution in [2.24, 2.45) is 0 Å². The zero-order valence-corrected chi connectivity index (χ0v) is 36.4. The van der Waals surface area contributed by atoms with Crippen LogP contribution in [0.15, 0.2) is 116 Å². The summed E-state index contributed by atoms with van der Waals surface area (Å²) < 4.78 is 10.4. The lowest BCUT2D eigenvalue weighted by atomic mass is 10.1. The predicted octanol–water partition coefficient (Wildman–Crippen LogP) is 6.14. The number of rotatable bonds is 14. The number of aryl methyl sites for hydroxylation is 1. The number of likely N-dealkylation sites (N-methyl/N-ethyl adjacent to an activating group) is 1. The lowest BCUT2D eigenvalue weighted by Gasteiger charge is -2.14. The first-order chi connectivity index (χ1) is 32.3. The topological polar surface area (TPSA) is 296 Å². The van der Waals surface area contributed by atoms with E-state index in [-0.39, 0.29) is 63.8 Å². The number of hydrogen-bond acceptors (Lipinski definition) is 14. The standard InChI is InChI=1S/C25H25N5O8.C18H13NO3.C4H7N3/c1-26-12-20(31)28-14-5-8-18(27-11-14)24(34)29-16-7-4-13(10-19(16)37-2)23(33)30-17-9-6-15(25(35)36)21(32)22(17)38-3;20-11-12-1-6-16(7-2-12)19-18(22)15-4-3-14-10-17(21)8-5-13(14)9-15;1-2-4-3-5-7-6-4/h4-11,26,32H,12H2,1-3H3,(H,28,31)(H,29,34)(H,30,33)(H,35,36);1-11,21H,(H,19,22);3H,2H2,1H3,(H,5,6,7). The highest BCUT2D eigenvalue weighted by molar-refractivity contribution is 6.08. The fourth-order valence-corrected chi connectivity index (χ4v) is 5.95. The van der Waals surface area contributed by atoms with Crippen LogP contribution in [0.2, 0.25) is 0 Å². The maximum atomic E-state index is 12.8. The minimum Gasteiger partial charge on any atom is -0.508 e. The van der Waals surface area contributed by atoms with E-state index in [9.17, 15) is 39.0 Å². The highest BCUT2D eigenvalue weighted by Crippen LogP contribution is 2.38. The van der Waals surface area contributed by atoms with Crippen LogP contribution in [0.3, 0.4) is 0 Å². The first-order valence-corrected chi connectivity index (χ1v) is 20.1. The minimum absolute atomic E-state index is 0.0491. The number of nitrogens with zero attached hydrogens (tertiary/aromatic N) is 3. The van der Waals surface area contributed by atoms with Crippen LogP contribution in [0.1, 0.15) is 64.5 Å². The molecule has 5 aromatic carbocycles. The molecule has 0 radical (unpaired) electrons. The van der Waals surface area contributed by atoms with Crippen molar-refractivity contribution in [1.29, 1.82) is 0 Å². The number of aromatic amines is 1. The number of carboxylic acids is 1. The van der Waals surface area contributed by atoms with Gasteiger partial charge < -0.3 is 51.4 Å². The number of H-pyrrole nitrogens is 1. The Labute approximate surface area is 382 Å². The molecule has 344 valence electrons. The molecular formula is C47H45N9O11. The maximum absolute atomic E-state index is 12.8. The van der Waals surface area contributed by atoms with Crippen molar-refractivity contribution in [3.63, 3.8) is 0 Å². The Morgan fingerprint density at radius 2 is 1.36 bits per heavy atom. The summed E-state index contributed by atoms with van der Waals surface area (Å²) in [6.45, 7) is 2.17. The van der Waals surface area contributed by atoms with Crippen LogP contribution < -0.4 is 36.1 Å². The summed E-state index contributed by atoms with van der Waals surface area (Å²) in [6.07, 6.45) is 4.78. The number of aromatic hydroxyl groups is 2. The predicted molar refractivity (Wildman–Crippen MR) is 248 cm³/mol. The number of methoxy groups -OCH3 is 2. The molecule has 20 nitrogen and oxygen atoms in total. The molecule has 4 amide bonds. The van der Waals surface area contributed by atoms with Gasteiger partial charge in [0.1, 0.15) is 29.0 Å². The molecule has 2 aromatic heterocycles. The number of fused-ring (bicyclic) bond motifs is 1. The van der Waals surface area contributed by atoms with Gasteiger partial charge in [0, 0.05) is 22.4 Å². The fourth-order valence-electron chi connectivity index (χ4n) is 5.95. The number of carboxylic acid groups (broad SMARTS) is 1. The average Bonchev–Trinajstić information content (AvgIpc) is 3.87. The van der Waals surface area contributed by atoms with Gasteiger partial charge in [-0.15, -0.1) is 0 Å². The highest BCUT2D eigenvalue weighted by Gasteiger charge is 2.21. The van der Waals surface area contributed by atoms with E-state index < -0.39 is 23.5 Å².